The Kier molecular flexibility index (Phi) is 6.14. The topological polar surface area (TPSA) is 62.1 Å². The molecular weight excluding hydrogens is 422 g/mol. The maximum atomic E-state index is 15.0. The van der Waals surface area contributed by atoms with E-state index in [2.05, 4.69) is 5.32 Å². The van der Waals surface area contributed by atoms with Crippen LogP contribution in [-0.2, 0) is 0 Å². The molecule has 1 atom stereocenters. The van der Waals surface area contributed by atoms with Crippen LogP contribution < -0.4 is 10.1 Å². The van der Waals surface area contributed by atoms with Crippen molar-refractivity contribution < 1.29 is 18.3 Å². The van der Waals surface area contributed by atoms with Crippen molar-refractivity contribution in [3.05, 3.63) is 58.6 Å². The highest BCUT2D eigenvalue weighted by atomic mass is 35.5. The van der Waals surface area contributed by atoms with Crippen LogP contribution in [-0.4, -0.2) is 22.8 Å². The number of ketones is 1. The van der Waals surface area contributed by atoms with Gasteiger partial charge in [-0.05, 0) is 64.4 Å². The maximum absolute atomic E-state index is 15.0. The lowest BCUT2D eigenvalue weighted by Gasteiger charge is -2.51. The van der Waals surface area contributed by atoms with Crippen molar-refractivity contribution in [3.8, 4) is 17.6 Å². The fraction of sp³-hybridized carbons (Fsp3) is 0.417. The summed E-state index contributed by atoms with van der Waals surface area (Å²) in [5, 5.41) is 12.3. The van der Waals surface area contributed by atoms with Crippen molar-refractivity contribution in [2.24, 2.45) is 5.92 Å². The molecule has 2 aromatic carbocycles. The predicted octanol–water partition coefficient (Wildman–Crippen LogP) is 6.38. The second-order valence-electron chi connectivity index (χ2n) is 9.14. The molecule has 1 aliphatic rings. The quantitative estimate of drug-likeness (QED) is 0.541. The number of halogens is 3. The van der Waals surface area contributed by atoms with Gasteiger partial charge in [0.2, 0.25) is 0 Å². The number of hydrogen-bond donors (Lipinski definition) is 1. The molecule has 1 N–H and O–H groups in total. The van der Waals surface area contributed by atoms with Gasteiger partial charge in [0.25, 0.3) is 5.92 Å². The number of ether oxygens (including phenoxy) is 1. The zero-order valence-electron chi connectivity index (χ0n) is 17.9. The summed E-state index contributed by atoms with van der Waals surface area (Å²) < 4.78 is 35.8. The Labute approximate surface area is 186 Å². The highest BCUT2D eigenvalue weighted by Crippen LogP contribution is 2.47. The fourth-order valence-corrected chi connectivity index (χ4v) is 4.52. The number of hydrogen-bond acceptors (Lipinski definition) is 4. The Balaban J connectivity index is 1.80. The first-order valence-electron chi connectivity index (χ1n) is 10.0. The largest absolute Gasteiger partial charge is 0.454 e. The van der Waals surface area contributed by atoms with E-state index in [1.807, 2.05) is 19.9 Å². The van der Waals surface area contributed by atoms with E-state index in [9.17, 15) is 10.1 Å². The molecule has 0 bridgehead atoms. The van der Waals surface area contributed by atoms with Crippen LogP contribution in [0.3, 0.4) is 0 Å². The third-order valence-electron chi connectivity index (χ3n) is 5.67. The second-order valence-corrected chi connectivity index (χ2v) is 9.55. The van der Waals surface area contributed by atoms with Crippen molar-refractivity contribution in [2.75, 3.05) is 0 Å². The van der Waals surface area contributed by atoms with E-state index in [-0.39, 0.29) is 29.2 Å². The fourth-order valence-electron chi connectivity index (χ4n) is 4.30. The summed E-state index contributed by atoms with van der Waals surface area (Å²) in [6.45, 7) is 6.66. The van der Waals surface area contributed by atoms with Gasteiger partial charge in [-0.2, -0.15) is 5.26 Å². The molecule has 0 amide bonds. The maximum Gasteiger partial charge on any atom is 0.268 e. The molecule has 0 aliphatic carbocycles. The van der Waals surface area contributed by atoms with Crippen molar-refractivity contribution >= 4 is 17.4 Å². The number of nitrogens with one attached hydrogen (secondary N) is 1. The van der Waals surface area contributed by atoms with Crippen LogP contribution in [0, 0.1) is 17.2 Å². The lowest BCUT2D eigenvalue weighted by Crippen LogP contribution is -2.69. The van der Waals surface area contributed by atoms with Gasteiger partial charge in [0.15, 0.2) is 5.78 Å². The molecule has 0 spiro atoms. The summed E-state index contributed by atoms with van der Waals surface area (Å²) >= 11 is 6.29. The van der Waals surface area contributed by atoms with Crippen LogP contribution >= 0.6 is 11.6 Å². The highest BCUT2D eigenvalue weighted by molar-refractivity contribution is 6.32. The monoisotopic (exact) mass is 446 g/mol. The van der Waals surface area contributed by atoms with Gasteiger partial charge in [0.1, 0.15) is 17.6 Å². The Morgan fingerprint density at radius 1 is 1.19 bits per heavy atom. The third kappa shape index (κ3) is 4.73. The highest BCUT2D eigenvalue weighted by Gasteiger charge is 2.58. The average Bonchev–Trinajstić information content (AvgIpc) is 2.67. The van der Waals surface area contributed by atoms with Gasteiger partial charge in [-0.15, -0.1) is 0 Å². The summed E-state index contributed by atoms with van der Waals surface area (Å²) in [7, 11) is 0. The van der Waals surface area contributed by atoms with E-state index in [4.69, 9.17) is 16.3 Å². The normalized spacial score (nSPS) is 21.2. The standard InChI is InChI=1S/C24H25ClF2N2O2/c1-22(2)13-17(24(26,27)23(3,4)29-22)12-19(30)15-9-10-21(18(25)11-15)31-20-8-6-5-7-16(20)14-28/h5-11,17,29H,12-13H2,1-4H3. The van der Waals surface area contributed by atoms with Crippen LogP contribution in [0.1, 0.15) is 56.5 Å². The number of carbonyl (C=O) groups is 1. The third-order valence-corrected chi connectivity index (χ3v) is 5.96. The molecule has 2 aromatic rings. The first kappa shape index (κ1) is 23.2. The van der Waals surface area contributed by atoms with E-state index in [0.29, 0.717) is 11.3 Å². The van der Waals surface area contributed by atoms with E-state index < -0.39 is 28.7 Å². The van der Waals surface area contributed by atoms with Crippen LogP contribution in [0.2, 0.25) is 5.02 Å². The number of Topliss-reactive ketones (excluding diaryl/α,β-unsaturated/α-hetero) is 1. The van der Waals surface area contributed by atoms with Gasteiger partial charge in [-0.25, -0.2) is 8.78 Å². The van der Waals surface area contributed by atoms with Gasteiger partial charge in [0, 0.05) is 23.4 Å². The lowest BCUT2D eigenvalue weighted by atomic mass is 9.71. The molecule has 164 valence electrons. The van der Waals surface area contributed by atoms with E-state index in [0.717, 1.165) is 0 Å². The van der Waals surface area contributed by atoms with E-state index in [1.165, 1.54) is 32.0 Å². The van der Waals surface area contributed by atoms with Crippen LogP contribution in [0.4, 0.5) is 8.78 Å². The summed E-state index contributed by atoms with van der Waals surface area (Å²) in [6, 6.07) is 13.2. The Morgan fingerprint density at radius 2 is 1.87 bits per heavy atom. The van der Waals surface area contributed by atoms with Crippen LogP contribution in [0.5, 0.6) is 11.5 Å². The Bertz CT molecular complexity index is 1040. The molecule has 1 saturated heterocycles. The predicted molar refractivity (Wildman–Crippen MR) is 116 cm³/mol. The van der Waals surface area contributed by atoms with Crippen molar-refractivity contribution in [1.82, 2.24) is 5.32 Å². The zero-order chi connectivity index (χ0) is 23.0. The SMILES string of the molecule is CC1(C)CC(CC(=O)c2ccc(Oc3ccccc3C#N)c(Cl)c2)C(F)(F)C(C)(C)N1. The zero-order valence-corrected chi connectivity index (χ0v) is 18.7. The molecule has 4 nitrogen and oxygen atoms in total. The van der Waals surface area contributed by atoms with Gasteiger partial charge in [-0.1, -0.05) is 23.7 Å². The van der Waals surface area contributed by atoms with Crippen molar-refractivity contribution in [3.63, 3.8) is 0 Å². The molecule has 1 unspecified atom stereocenters. The lowest BCUT2D eigenvalue weighted by molar-refractivity contribution is -0.161. The Morgan fingerprint density at radius 3 is 2.52 bits per heavy atom. The molecule has 0 saturated carbocycles. The smallest absolute Gasteiger partial charge is 0.268 e. The number of piperidine rings is 1. The summed E-state index contributed by atoms with van der Waals surface area (Å²) in [5.41, 5.74) is -1.35. The van der Waals surface area contributed by atoms with Gasteiger partial charge in [-0.3, -0.25) is 4.79 Å². The number of rotatable bonds is 5. The minimum Gasteiger partial charge on any atom is -0.454 e. The first-order chi connectivity index (χ1) is 14.4. The molecule has 0 radical (unpaired) electrons. The number of benzene rings is 2. The molecular formula is C24H25ClF2N2O2. The minimum atomic E-state index is -3.05. The number of carbonyl (C=O) groups excluding carboxylic acids is 1. The second kappa shape index (κ2) is 8.22. The number of alkyl halides is 2. The van der Waals surface area contributed by atoms with Gasteiger partial charge >= 0.3 is 0 Å². The van der Waals surface area contributed by atoms with Crippen molar-refractivity contribution in [2.45, 2.75) is 57.5 Å². The molecule has 0 aromatic heterocycles. The summed E-state index contributed by atoms with van der Waals surface area (Å²) in [5.74, 6) is -3.93. The molecule has 1 heterocycles. The van der Waals surface area contributed by atoms with Gasteiger partial charge in [0.05, 0.1) is 16.1 Å². The molecule has 31 heavy (non-hydrogen) atoms. The molecule has 1 aliphatic heterocycles. The van der Waals surface area contributed by atoms with Crippen molar-refractivity contribution in [1.29, 1.82) is 5.26 Å². The van der Waals surface area contributed by atoms with Crippen LogP contribution in [0.15, 0.2) is 42.5 Å². The number of nitrogens with zero attached hydrogens (tertiary/aromatic N) is 1. The van der Waals surface area contributed by atoms with E-state index >= 15 is 8.78 Å². The first-order valence-corrected chi connectivity index (χ1v) is 10.4. The minimum absolute atomic E-state index is 0.163. The molecule has 1 fully saturated rings. The Hall–Kier alpha value is -2.49. The number of nitriles is 1. The molecule has 3 rings (SSSR count). The average molecular weight is 447 g/mol. The number of para-hydroxylation sites is 1. The van der Waals surface area contributed by atoms with Gasteiger partial charge < -0.3 is 10.1 Å². The molecule has 7 heteroatoms. The van der Waals surface area contributed by atoms with Crippen LogP contribution in [0.25, 0.3) is 0 Å². The van der Waals surface area contributed by atoms with E-state index in [1.54, 1.807) is 24.3 Å². The summed E-state index contributed by atoms with van der Waals surface area (Å²) in [4.78, 5) is 12.8. The summed E-state index contributed by atoms with van der Waals surface area (Å²) in [6.07, 6.45) is -0.107.